The summed E-state index contributed by atoms with van der Waals surface area (Å²) in [7, 11) is 2.43. The molecular formula is C30H27NO7S. The van der Waals surface area contributed by atoms with Crippen LogP contribution in [0.2, 0.25) is 0 Å². The van der Waals surface area contributed by atoms with E-state index in [2.05, 4.69) is 0 Å². The number of ether oxygens (including phenoxy) is 4. The molecule has 4 aromatic carbocycles. The van der Waals surface area contributed by atoms with Crippen LogP contribution in [0, 0.1) is 0 Å². The number of benzene rings is 4. The lowest BCUT2D eigenvalue weighted by molar-refractivity contribution is 0.355. The molecule has 0 aliphatic heterocycles. The minimum Gasteiger partial charge on any atom is -0.493 e. The van der Waals surface area contributed by atoms with Gasteiger partial charge >= 0.3 is 0 Å². The molecule has 8 nitrogen and oxygen atoms in total. The third-order valence-electron chi connectivity index (χ3n) is 6.72. The highest BCUT2D eigenvalue weighted by atomic mass is 32.2. The van der Waals surface area contributed by atoms with Crippen LogP contribution in [0.25, 0.3) is 21.7 Å². The second kappa shape index (κ2) is 10.3. The maximum absolute atomic E-state index is 14.0. The van der Waals surface area contributed by atoms with Crippen molar-refractivity contribution in [1.29, 1.82) is 0 Å². The van der Waals surface area contributed by atoms with E-state index in [0.717, 1.165) is 10.9 Å². The Morgan fingerprint density at radius 2 is 1.28 bits per heavy atom. The van der Waals surface area contributed by atoms with Gasteiger partial charge in [0.2, 0.25) is 9.84 Å². The van der Waals surface area contributed by atoms with E-state index >= 15 is 0 Å². The van der Waals surface area contributed by atoms with Crippen molar-refractivity contribution >= 4 is 31.5 Å². The van der Waals surface area contributed by atoms with Gasteiger partial charge in [-0.2, -0.15) is 0 Å². The van der Waals surface area contributed by atoms with Gasteiger partial charge in [0.1, 0.15) is 0 Å². The highest BCUT2D eigenvalue weighted by Gasteiger charge is 2.21. The molecule has 0 unspecified atom stereocenters. The fourth-order valence-electron chi connectivity index (χ4n) is 4.76. The van der Waals surface area contributed by atoms with Crippen molar-refractivity contribution in [2.75, 3.05) is 28.4 Å². The van der Waals surface area contributed by atoms with Crippen LogP contribution in [0.15, 0.2) is 93.4 Å². The van der Waals surface area contributed by atoms with Crippen molar-refractivity contribution in [2.45, 2.75) is 16.3 Å². The molecule has 0 saturated carbocycles. The lowest BCUT2D eigenvalue weighted by Gasteiger charge is -2.18. The van der Waals surface area contributed by atoms with Crippen LogP contribution in [0.1, 0.15) is 5.56 Å². The quantitative estimate of drug-likeness (QED) is 0.251. The van der Waals surface area contributed by atoms with Gasteiger partial charge in [-0.15, -0.1) is 0 Å². The summed E-state index contributed by atoms with van der Waals surface area (Å²) in [6.45, 7) is 0.173. The number of fused-ring (bicyclic) bond motifs is 3. The van der Waals surface area contributed by atoms with Crippen molar-refractivity contribution in [3.8, 4) is 23.0 Å². The monoisotopic (exact) mass is 545 g/mol. The minimum absolute atomic E-state index is 0.172. The molecule has 1 aromatic heterocycles. The first kappa shape index (κ1) is 26.1. The molecule has 0 atom stereocenters. The molecule has 39 heavy (non-hydrogen) atoms. The van der Waals surface area contributed by atoms with Crippen molar-refractivity contribution < 1.29 is 27.4 Å². The first-order valence-electron chi connectivity index (χ1n) is 12.1. The lowest BCUT2D eigenvalue weighted by atomic mass is 10.0. The number of nitrogens with zero attached hydrogens (tertiary/aromatic N) is 1. The van der Waals surface area contributed by atoms with E-state index in [9.17, 15) is 13.2 Å². The second-order valence-electron chi connectivity index (χ2n) is 8.80. The molecule has 0 aliphatic carbocycles. The van der Waals surface area contributed by atoms with Gasteiger partial charge in [0.15, 0.2) is 23.0 Å². The van der Waals surface area contributed by atoms with Crippen molar-refractivity contribution in [3.05, 3.63) is 94.8 Å². The summed E-state index contributed by atoms with van der Waals surface area (Å²) in [5.41, 5.74) is 1.07. The molecule has 0 aliphatic rings. The molecule has 0 radical (unpaired) electrons. The standard InChI is InChI=1S/C30H27NO7S/c1-35-25-15-14-22-23-16-26(36-2)27(37-3)17-24(23)31(30(32)28(22)29(25)38-4)18-19-10-12-21(13-11-19)39(33,34)20-8-6-5-7-9-20/h5-17H,18H2,1-4H3. The number of hydrogen-bond donors (Lipinski definition) is 0. The van der Waals surface area contributed by atoms with Gasteiger partial charge in [-0.3, -0.25) is 4.79 Å². The Bertz CT molecular complexity index is 1850. The van der Waals surface area contributed by atoms with Crippen LogP contribution in [0.3, 0.4) is 0 Å². The average Bonchev–Trinajstić information content (AvgIpc) is 2.98. The summed E-state index contributed by atoms with van der Waals surface area (Å²) in [5, 5.41) is 1.79. The van der Waals surface area contributed by atoms with Crippen molar-refractivity contribution in [2.24, 2.45) is 0 Å². The fourth-order valence-corrected chi connectivity index (χ4v) is 6.05. The Labute approximate surface area is 225 Å². The third-order valence-corrected chi connectivity index (χ3v) is 8.50. The number of sulfone groups is 1. The summed E-state index contributed by atoms with van der Waals surface area (Å²) < 4.78 is 49.8. The third kappa shape index (κ3) is 4.44. The first-order chi connectivity index (χ1) is 18.8. The average molecular weight is 546 g/mol. The predicted molar refractivity (Wildman–Crippen MR) is 149 cm³/mol. The molecule has 0 fully saturated rings. The number of methoxy groups -OCH3 is 4. The van der Waals surface area contributed by atoms with Gasteiger partial charge < -0.3 is 23.5 Å². The van der Waals surface area contributed by atoms with E-state index in [1.807, 2.05) is 12.1 Å². The largest absolute Gasteiger partial charge is 0.493 e. The van der Waals surface area contributed by atoms with Crippen LogP contribution < -0.4 is 24.5 Å². The molecule has 200 valence electrons. The molecule has 0 N–H and O–H groups in total. The second-order valence-corrected chi connectivity index (χ2v) is 10.7. The zero-order valence-electron chi connectivity index (χ0n) is 21.9. The van der Waals surface area contributed by atoms with E-state index < -0.39 is 9.84 Å². The van der Waals surface area contributed by atoms with E-state index in [-0.39, 0.29) is 21.9 Å². The van der Waals surface area contributed by atoms with Gasteiger partial charge in [-0.25, -0.2) is 8.42 Å². The molecule has 5 aromatic rings. The van der Waals surface area contributed by atoms with E-state index in [4.69, 9.17) is 18.9 Å². The minimum atomic E-state index is -3.66. The SMILES string of the molecule is COc1cc2c3ccc(OC)c(OC)c3c(=O)n(Cc3ccc(S(=O)(=O)c4ccccc4)cc3)c2cc1OC. The van der Waals surface area contributed by atoms with Crippen LogP contribution in [-0.4, -0.2) is 41.4 Å². The Morgan fingerprint density at radius 3 is 1.90 bits per heavy atom. The molecular weight excluding hydrogens is 518 g/mol. The molecule has 0 amide bonds. The lowest BCUT2D eigenvalue weighted by Crippen LogP contribution is -2.22. The Kier molecular flexibility index (Phi) is 6.93. The number of aromatic nitrogens is 1. The summed E-state index contributed by atoms with van der Waals surface area (Å²) in [4.78, 5) is 14.4. The van der Waals surface area contributed by atoms with Crippen LogP contribution in [0.5, 0.6) is 23.0 Å². The van der Waals surface area contributed by atoms with E-state index in [1.54, 1.807) is 78.4 Å². The van der Waals surface area contributed by atoms with Crippen LogP contribution in [0.4, 0.5) is 0 Å². The van der Waals surface area contributed by atoms with Crippen LogP contribution >= 0.6 is 0 Å². The van der Waals surface area contributed by atoms with Crippen LogP contribution in [-0.2, 0) is 16.4 Å². The topological polar surface area (TPSA) is 93.1 Å². The zero-order valence-corrected chi connectivity index (χ0v) is 22.7. The molecule has 1 heterocycles. The van der Waals surface area contributed by atoms with E-state index in [1.165, 1.54) is 21.3 Å². The van der Waals surface area contributed by atoms with Gasteiger partial charge in [0.05, 0.1) is 55.7 Å². The first-order valence-corrected chi connectivity index (χ1v) is 13.5. The van der Waals surface area contributed by atoms with Crippen molar-refractivity contribution in [3.63, 3.8) is 0 Å². The fraction of sp³-hybridized carbons (Fsp3) is 0.167. The molecule has 5 rings (SSSR count). The summed E-state index contributed by atoms with van der Waals surface area (Å²) in [6, 6.07) is 22.0. The highest BCUT2D eigenvalue weighted by Crippen LogP contribution is 2.40. The number of pyridine rings is 1. The Morgan fingerprint density at radius 1 is 0.667 bits per heavy atom. The predicted octanol–water partition coefficient (Wildman–Crippen LogP) is 5.07. The van der Waals surface area contributed by atoms with Gasteiger partial charge in [-0.05, 0) is 48.0 Å². The van der Waals surface area contributed by atoms with Crippen molar-refractivity contribution in [1.82, 2.24) is 4.57 Å². The summed E-state index contributed by atoms with van der Waals surface area (Å²) in [5.74, 6) is 1.75. The van der Waals surface area contributed by atoms with E-state index in [0.29, 0.717) is 39.3 Å². The zero-order chi connectivity index (χ0) is 27.7. The Balaban J connectivity index is 1.71. The highest BCUT2D eigenvalue weighted by molar-refractivity contribution is 7.91. The van der Waals surface area contributed by atoms with Gasteiger partial charge in [-0.1, -0.05) is 30.3 Å². The molecule has 9 heteroatoms. The smallest absolute Gasteiger partial charge is 0.263 e. The maximum Gasteiger partial charge on any atom is 0.263 e. The summed E-state index contributed by atoms with van der Waals surface area (Å²) >= 11 is 0. The number of rotatable bonds is 8. The molecule has 0 bridgehead atoms. The summed E-state index contributed by atoms with van der Waals surface area (Å²) in [6.07, 6.45) is 0. The van der Waals surface area contributed by atoms with Gasteiger partial charge in [0, 0.05) is 16.8 Å². The number of hydrogen-bond acceptors (Lipinski definition) is 7. The maximum atomic E-state index is 14.0. The molecule has 0 saturated heterocycles. The normalized spacial score (nSPS) is 11.5. The Hall–Kier alpha value is -4.50. The van der Waals surface area contributed by atoms with Gasteiger partial charge in [0.25, 0.3) is 5.56 Å². The molecule has 0 spiro atoms.